The summed E-state index contributed by atoms with van der Waals surface area (Å²) in [5.41, 5.74) is 0.500. The van der Waals surface area contributed by atoms with E-state index in [0.29, 0.717) is 12.6 Å². The van der Waals surface area contributed by atoms with Crippen molar-refractivity contribution in [2.24, 2.45) is 0 Å². The Morgan fingerprint density at radius 2 is 1.95 bits per heavy atom. The van der Waals surface area contributed by atoms with Gasteiger partial charge in [0.25, 0.3) is 0 Å². The minimum Gasteiger partial charge on any atom is -0.444 e. The van der Waals surface area contributed by atoms with Gasteiger partial charge in [-0.3, -0.25) is 0 Å². The van der Waals surface area contributed by atoms with E-state index in [1.165, 1.54) is 10.5 Å². The molecule has 1 amide bonds. The van der Waals surface area contributed by atoms with Gasteiger partial charge < -0.3 is 15.4 Å². The first-order valence-electron chi connectivity index (χ1n) is 7.63. The van der Waals surface area contributed by atoms with Gasteiger partial charge in [0.2, 0.25) is 0 Å². The number of ether oxygens (including phenoxy) is 1. The first-order valence-corrected chi connectivity index (χ1v) is 8.61. The maximum Gasteiger partial charge on any atom is 0.408 e. The Bertz CT molecular complexity index is 538. The summed E-state index contributed by atoms with van der Waals surface area (Å²) in [7, 11) is 0. The Labute approximate surface area is 137 Å². The second-order valence-corrected chi connectivity index (χ2v) is 8.35. The minimum atomic E-state index is -0.478. The van der Waals surface area contributed by atoms with E-state index in [1.807, 2.05) is 46.4 Å². The summed E-state index contributed by atoms with van der Waals surface area (Å²) >= 11 is 1.87. The molecule has 4 nitrogen and oxygen atoms in total. The van der Waals surface area contributed by atoms with E-state index in [-0.39, 0.29) is 11.6 Å². The molecule has 0 bridgehead atoms. The Hall–Kier alpha value is -1.20. The number of fused-ring (bicyclic) bond motifs is 1. The molecule has 0 radical (unpaired) electrons. The van der Waals surface area contributed by atoms with Gasteiger partial charge in [0.05, 0.1) is 5.54 Å². The molecule has 0 aliphatic carbocycles. The molecule has 1 aliphatic heterocycles. The summed E-state index contributed by atoms with van der Waals surface area (Å²) in [6.07, 6.45) is -0.375. The van der Waals surface area contributed by atoms with Crippen LogP contribution in [0.4, 0.5) is 4.79 Å². The van der Waals surface area contributed by atoms with Crippen molar-refractivity contribution < 1.29 is 9.53 Å². The number of nitrogens with one attached hydrogen (secondary N) is 2. The molecule has 5 heteroatoms. The van der Waals surface area contributed by atoms with Crippen LogP contribution >= 0.6 is 11.8 Å². The van der Waals surface area contributed by atoms with Crippen LogP contribution in [-0.4, -0.2) is 29.5 Å². The van der Waals surface area contributed by atoms with E-state index in [9.17, 15) is 4.79 Å². The largest absolute Gasteiger partial charge is 0.444 e. The predicted octanol–water partition coefficient (Wildman–Crippen LogP) is 3.73. The first-order chi connectivity index (χ1) is 10.2. The summed E-state index contributed by atoms with van der Waals surface area (Å²) in [4.78, 5) is 13.2. The molecule has 1 heterocycles. The molecule has 0 spiro atoms. The van der Waals surface area contributed by atoms with Gasteiger partial charge >= 0.3 is 6.09 Å². The fourth-order valence-electron chi connectivity index (χ4n) is 2.33. The molecule has 2 rings (SSSR count). The molecule has 2 N–H and O–H groups in total. The SMILES string of the molecule is CC(C)(CNC1CSc2ccccc21)NC(=O)OC(C)(C)C. The fraction of sp³-hybridized carbons (Fsp3) is 0.588. The summed E-state index contributed by atoms with van der Waals surface area (Å²) in [6, 6.07) is 8.81. The molecule has 0 saturated heterocycles. The zero-order valence-corrected chi connectivity index (χ0v) is 14.8. The van der Waals surface area contributed by atoms with Gasteiger partial charge in [0, 0.05) is 23.2 Å². The van der Waals surface area contributed by atoms with E-state index in [1.54, 1.807) is 0 Å². The van der Waals surface area contributed by atoms with Crippen molar-refractivity contribution in [3.8, 4) is 0 Å². The molecule has 0 fully saturated rings. The van der Waals surface area contributed by atoms with Gasteiger partial charge in [0.15, 0.2) is 0 Å². The van der Waals surface area contributed by atoms with E-state index in [4.69, 9.17) is 4.74 Å². The fourth-order valence-corrected chi connectivity index (χ4v) is 3.53. The highest BCUT2D eigenvalue weighted by Gasteiger charge is 2.28. The van der Waals surface area contributed by atoms with E-state index < -0.39 is 5.60 Å². The van der Waals surface area contributed by atoms with Crippen molar-refractivity contribution in [2.45, 2.75) is 56.7 Å². The molecule has 0 saturated carbocycles. The number of rotatable bonds is 4. The summed E-state index contributed by atoms with van der Waals surface area (Å²) < 4.78 is 5.32. The van der Waals surface area contributed by atoms with Crippen LogP contribution in [0.2, 0.25) is 0 Å². The average Bonchev–Trinajstić information content (AvgIpc) is 2.76. The lowest BCUT2D eigenvalue weighted by Crippen LogP contribution is -2.52. The monoisotopic (exact) mass is 322 g/mol. The van der Waals surface area contributed by atoms with Crippen molar-refractivity contribution in [1.82, 2.24) is 10.6 Å². The van der Waals surface area contributed by atoms with Gasteiger partial charge in [-0.2, -0.15) is 0 Å². The highest BCUT2D eigenvalue weighted by molar-refractivity contribution is 7.99. The summed E-state index contributed by atoms with van der Waals surface area (Å²) in [6.45, 7) is 10.3. The number of thioether (sulfide) groups is 1. The molecule has 1 atom stereocenters. The van der Waals surface area contributed by atoms with Crippen LogP contribution in [0.5, 0.6) is 0 Å². The van der Waals surface area contributed by atoms with Crippen LogP contribution < -0.4 is 10.6 Å². The van der Waals surface area contributed by atoms with Crippen LogP contribution in [0.3, 0.4) is 0 Å². The first kappa shape index (κ1) is 17.2. The molecule has 122 valence electrons. The second-order valence-electron chi connectivity index (χ2n) is 7.29. The Morgan fingerprint density at radius 1 is 1.27 bits per heavy atom. The third-order valence-corrected chi connectivity index (χ3v) is 4.51. The van der Waals surface area contributed by atoms with Crippen LogP contribution in [0.25, 0.3) is 0 Å². The summed E-state index contributed by atoms with van der Waals surface area (Å²) in [5.74, 6) is 1.03. The lowest BCUT2D eigenvalue weighted by atomic mass is 10.0. The number of hydrogen-bond donors (Lipinski definition) is 2. The van der Waals surface area contributed by atoms with Crippen molar-refractivity contribution in [2.75, 3.05) is 12.3 Å². The molecular formula is C17H26N2O2S. The Balaban J connectivity index is 1.87. The molecule has 1 aromatic rings. The number of carbonyl (C=O) groups is 1. The van der Waals surface area contributed by atoms with Crippen molar-refractivity contribution in [1.29, 1.82) is 0 Å². The maximum atomic E-state index is 11.9. The van der Waals surface area contributed by atoms with Gasteiger partial charge in [-0.15, -0.1) is 11.8 Å². The van der Waals surface area contributed by atoms with E-state index >= 15 is 0 Å². The normalized spacial score (nSPS) is 18.0. The van der Waals surface area contributed by atoms with Crippen LogP contribution in [0.15, 0.2) is 29.2 Å². The lowest BCUT2D eigenvalue weighted by Gasteiger charge is -2.30. The van der Waals surface area contributed by atoms with Crippen LogP contribution in [0.1, 0.15) is 46.2 Å². The Kier molecular flexibility index (Phi) is 5.07. The molecule has 1 aliphatic rings. The highest BCUT2D eigenvalue weighted by Crippen LogP contribution is 2.37. The third-order valence-electron chi connectivity index (χ3n) is 3.33. The number of alkyl carbamates (subject to hydrolysis) is 1. The Morgan fingerprint density at radius 3 is 2.64 bits per heavy atom. The van der Waals surface area contributed by atoms with Gasteiger partial charge in [-0.1, -0.05) is 18.2 Å². The number of carbonyl (C=O) groups excluding carboxylic acids is 1. The van der Waals surface area contributed by atoms with E-state index in [2.05, 4.69) is 34.9 Å². The van der Waals surface area contributed by atoms with Crippen molar-refractivity contribution in [3.63, 3.8) is 0 Å². The smallest absolute Gasteiger partial charge is 0.408 e. The van der Waals surface area contributed by atoms with Gasteiger partial charge in [0.1, 0.15) is 5.60 Å². The topological polar surface area (TPSA) is 50.4 Å². The van der Waals surface area contributed by atoms with Crippen LogP contribution in [0, 0.1) is 0 Å². The molecule has 0 aromatic heterocycles. The maximum absolute atomic E-state index is 11.9. The summed E-state index contributed by atoms with van der Waals surface area (Å²) in [5, 5.41) is 6.49. The standard InChI is InChI=1S/C17H26N2O2S/c1-16(2,3)21-15(20)19-17(4,5)11-18-13-10-22-14-9-7-6-8-12(13)14/h6-9,13,18H,10-11H2,1-5H3,(H,19,20). The zero-order valence-electron chi connectivity index (χ0n) is 14.0. The molecular weight excluding hydrogens is 296 g/mol. The number of hydrogen-bond acceptors (Lipinski definition) is 4. The quantitative estimate of drug-likeness (QED) is 0.887. The average molecular weight is 322 g/mol. The third kappa shape index (κ3) is 4.92. The second kappa shape index (κ2) is 6.50. The minimum absolute atomic E-state index is 0.334. The molecule has 1 aromatic carbocycles. The number of amides is 1. The van der Waals surface area contributed by atoms with Crippen molar-refractivity contribution >= 4 is 17.9 Å². The number of benzene rings is 1. The lowest BCUT2D eigenvalue weighted by molar-refractivity contribution is 0.0471. The predicted molar refractivity (Wildman–Crippen MR) is 91.4 cm³/mol. The van der Waals surface area contributed by atoms with Crippen molar-refractivity contribution in [3.05, 3.63) is 29.8 Å². The zero-order chi connectivity index (χ0) is 16.4. The van der Waals surface area contributed by atoms with Gasteiger partial charge in [-0.25, -0.2) is 4.79 Å². The van der Waals surface area contributed by atoms with E-state index in [0.717, 1.165) is 5.75 Å². The van der Waals surface area contributed by atoms with Gasteiger partial charge in [-0.05, 0) is 46.2 Å². The highest BCUT2D eigenvalue weighted by atomic mass is 32.2. The molecule has 22 heavy (non-hydrogen) atoms. The van der Waals surface area contributed by atoms with Crippen LogP contribution in [-0.2, 0) is 4.74 Å². The molecule has 1 unspecified atom stereocenters.